The maximum atomic E-state index is 6.00. The highest BCUT2D eigenvalue weighted by Crippen LogP contribution is 2.23. The number of nitrogens with zero attached hydrogens (tertiary/aromatic N) is 1. The van der Waals surface area contributed by atoms with E-state index in [1.54, 1.807) is 0 Å². The predicted molar refractivity (Wildman–Crippen MR) is 70.5 cm³/mol. The van der Waals surface area contributed by atoms with Crippen molar-refractivity contribution in [3.05, 3.63) is 33.8 Å². The van der Waals surface area contributed by atoms with Gasteiger partial charge >= 0.3 is 0 Å². The Hall–Kier alpha value is -0.320. The lowest BCUT2D eigenvalue weighted by atomic mass is 10.1. The first-order valence-corrected chi connectivity index (χ1v) is 6.42. The van der Waals surface area contributed by atoms with Gasteiger partial charge in [0.25, 0.3) is 0 Å². The highest BCUT2D eigenvalue weighted by molar-refractivity contribution is 6.42. The van der Waals surface area contributed by atoms with Crippen molar-refractivity contribution in [1.29, 1.82) is 0 Å². The zero-order chi connectivity index (χ0) is 12.3. The lowest BCUT2D eigenvalue weighted by molar-refractivity contribution is -0.00792. The van der Waals surface area contributed by atoms with E-state index in [4.69, 9.17) is 33.7 Å². The Morgan fingerprint density at radius 2 is 2.18 bits per heavy atom. The van der Waals surface area contributed by atoms with E-state index in [2.05, 4.69) is 4.90 Å². The smallest absolute Gasteiger partial charge is 0.0634 e. The second kappa shape index (κ2) is 6.03. The van der Waals surface area contributed by atoms with Crippen LogP contribution >= 0.6 is 23.2 Å². The zero-order valence-corrected chi connectivity index (χ0v) is 11.0. The van der Waals surface area contributed by atoms with Crippen LogP contribution in [0.25, 0.3) is 0 Å². The van der Waals surface area contributed by atoms with Crippen LogP contribution < -0.4 is 5.73 Å². The minimum Gasteiger partial charge on any atom is -0.378 e. The highest BCUT2D eigenvalue weighted by Gasteiger charge is 2.21. The van der Waals surface area contributed by atoms with Crippen molar-refractivity contribution in [1.82, 2.24) is 4.90 Å². The number of halogens is 2. The predicted octanol–water partition coefficient (Wildman–Crippen LogP) is 2.15. The number of morpholine rings is 1. The molecule has 1 unspecified atom stereocenters. The molecule has 17 heavy (non-hydrogen) atoms. The van der Waals surface area contributed by atoms with E-state index >= 15 is 0 Å². The first-order chi connectivity index (χ1) is 8.20. The molecule has 1 heterocycles. The standard InChI is InChI=1S/C12H16Cl2N2O/c13-11-2-1-9(5-12(11)14)7-16-3-4-17-8-10(16)6-15/h1-2,5,10H,3-4,6-8,15H2. The second-order valence-electron chi connectivity index (χ2n) is 4.18. The van der Waals surface area contributed by atoms with E-state index in [0.717, 1.165) is 25.3 Å². The molecule has 3 nitrogen and oxygen atoms in total. The minimum absolute atomic E-state index is 0.290. The van der Waals surface area contributed by atoms with Crippen LogP contribution in [-0.4, -0.2) is 37.2 Å². The van der Waals surface area contributed by atoms with E-state index in [-0.39, 0.29) is 0 Å². The molecule has 0 radical (unpaired) electrons. The second-order valence-corrected chi connectivity index (χ2v) is 5.00. The molecule has 0 saturated carbocycles. The number of benzene rings is 1. The Labute approximate surface area is 111 Å². The van der Waals surface area contributed by atoms with Crippen LogP contribution in [0, 0.1) is 0 Å². The van der Waals surface area contributed by atoms with E-state index in [1.807, 2.05) is 18.2 Å². The Morgan fingerprint density at radius 3 is 2.88 bits per heavy atom. The molecule has 0 bridgehead atoms. The summed E-state index contributed by atoms with van der Waals surface area (Å²) in [6, 6.07) is 6.03. The van der Waals surface area contributed by atoms with Crippen molar-refractivity contribution in [2.24, 2.45) is 5.73 Å². The SMILES string of the molecule is NCC1COCCN1Cc1ccc(Cl)c(Cl)c1. The van der Waals surface area contributed by atoms with Gasteiger partial charge in [0.1, 0.15) is 0 Å². The molecular formula is C12H16Cl2N2O. The van der Waals surface area contributed by atoms with Crippen LogP contribution in [0.15, 0.2) is 18.2 Å². The molecule has 1 aliphatic rings. The summed E-state index contributed by atoms with van der Waals surface area (Å²) in [7, 11) is 0. The first-order valence-electron chi connectivity index (χ1n) is 5.66. The summed E-state index contributed by atoms with van der Waals surface area (Å²) in [4.78, 5) is 2.32. The minimum atomic E-state index is 0.290. The van der Waals surface area contributed by atoms with E-state index in [0.29, 0.717) is 29.2 Å². The fourth-order valence-corrected chi connectivity index (χ4v) is 2.31. The zero-order valence-electron chi connectivity index (χ0n) is 9.53. The molecule has 1 aromatic rings. The molecular weight excluding hydrogens is 259 g/mol. The number of hydrogen-bond acceptors (Lipinski definition) is 3. The Morgan fingerprint density at radius 1 is 1.35 bits per heavy atom. The van der Waals surface area contributed by atoms with Gasteiger partial charge in [-0.15, -0.1) is 0 Å². The summed E-state index contributed by atoms with van der Waals surface area (Å²) < 4.78 is 5.41. The summed E-state index contributed by atoms with van der Waals surface area (Å²) >= 11 is 11.9. The summed E-state index contributed by atoms with van der Waals surface area (Å²) in [5, 5.41) is 1.19. The van der Waals surface area contributed by atoms with Crippen LogP contribution in [0.1, 0.15) is 5.56 Å². The molecule has 0 aliphatic carbocycles. The topological polar surface area (TPSA) is 38.5 Å². The summed E-state index contributed by atoms with van der Waals surface area (Å²) in [5.41, 5.74) is 6.89. The number of rotatable bonds is 3. The molecule has 0 amide bonds. The highest BCUT2D eigenvalue weighted by atomic mass is 35.5. The molecule has 0 spiro atoms. The third-order valence-electron chi connectivity index (χ3n) is 2.99. The fourth-order valence-electron chi connectivity index (χ4n) is 1.99. The monoisotopic (exact) mass is 274 g/mol. The first kappa shape index (κ1) is 13.1. The molecule has 1 fully saturated rings. The molecule has 94 valence electrons. The van der Waals surface area contributed by atoms with Crippen molar-refractivity contribution in [2.45, 2.75) is 12.6 Å². The van der Waals surface area contributed by atoms with Gasteiger partial charge in [-0.1, -0.05) is 29.3 Å². The van der Waals surface area contributed by atoms with Crippen LogP contribution in [0.3, 0.4) is 0 Å². The Bertz CT molecular complexity index is 387. The van der Waals surface area contributed by atoms with Gasteiger partial charge in [-0.3, -0.25) is 4.90 Å². The molecule has 1 aliphatic heterocycles. The van der Waals surface area contributed by atoms with Crippen molar-refractivity contribution in [2.75, 3.05) is 26.3 Å². The average Bonchev–Trinajstić information content (AvgIpc) is 2.34. The lowest BCUT2D eigenvalue weighted by Crippen LogP contribution is -2.48. The van der Waals surface area contributed by atoms with Crippen LogP contribution in [0.4, 0.5) is 0 Å². The third-order valence-corrected chi connectivity index (χ3v) is 3.73. The van der Waals surface area contributed by atoms with Gasteiger partial charge in [-0.25, -0.2) is 0 Å². The quantitative estimate of drug-likeness (QED) is 0.918. The van der Waals surface area contributed by atoms with Crippen LogP contribution in [-0.2, 0) is 11.3 Å². The van der Waals surface area contributed by atoms with E-state index < -0.39 is 0 Å². The van der Waals surface area contributed by atoms with Crippen LogP contribution in [0.2, 0.25) is 10.0 Å². The largest absolute Gasteiger partial charge is 0.378 e. The van der Waals surface area contributed by atoms with Gasteiger partial charge in [-0.05, 0) is 17.7 Å². The van der Waals surface area contributed by atoms with E-state index in [1.165, 1.54) is 0 Å². The summed E-state index contributed by atoms with van der Waals surface area (Å²) in [6.07, 6.45) is 0. The number of hydrogen-bond donors (Lipinski definition) is 1. The third kappa shape index (κ3) is 3.33. The van der Waals surface area contributed by atoms with Gasteiger partial charge in [-0.2, -0.15) is 0 Å². The normalized spacial score (nSPS) is 21.7. The Kier molecular flexibility index (Phi) is 4.65. The van der Waals surface area contributed by atoms with E-state index in [9.17, 15) is 0 Å². The van der Waals surface area contributed by atoms with Gasteiger partial charge in [0, 0.05) is 25.7 Å². The number of nitrogens with two attached hydrogens (primary N) is 1. The summed E-state index contributed by atoms with van der Waals surface area (Å²) in [6.45, 7) is 3.82. The Balaban J connectivity index is 2.05. The summed E-state index contributed by atoms with van der Waals surface area (Å²) in [5.74, 6) is 0. The molecule has 2 N–H and O–H groups in total. The average molecular weight is 275 g/mol. The maximum Gasteiger partial charge on any atom is 0.0634 e. The van der Waals surface area contributed by atoms with Gasteiger partial charge < -0.3 is 10.5 Å². The van der Waals surface area contributed by atoms with Crippen molar-refractivity contribution in [3.8, 4) is 0 Å². The van der Waals surface area contributed by atoms with Gasteiger partial charge in [0.15, 0.2) is 0 Å². The lowest BCUT2D eigenvalue weighted by Gasteiger charge is -2.34. The molecule has 1 atom stereocenters. The molecule has 2 rings (SSSR count). The molecule has 1 aromatic carbocycles. The van der Waals surface area contributed by atoms with Crippen molar-refractivity contribution >= 4 is 23.2 Å². The molecule has 0 aromatic heterocycles. The van der Waals surface area contributed by atoms with Gasteiger partial charge in [0.2, 0.25) is 0 Å². The molecule has 5 heteroatoms. The van der Waals surface area contributed by atoms with Gasteiger partial charge in [0.05, 0.1) is 23.3 Å². The van der Waals surface area contributed by atoms with Crippen molar-refractivity contribution in [3.63, 3.8) is 0 Å². The molecule has 1 saturated heterocycles. The fraction of sp³-hybridized carbons (Fsp3) is 0.500. The van der Waals surface area contributed by atoms with Crippen LogP contribution in [0.5, 0.6) is 0 Å². The maximum absolute atomic E-state index is 6.00. The van der Waals surface area contributed by atoms with Crippen molar-refractivity contribution < 1.29 is 4.74 Å². The number of ether oxygens (including phenoxy) is 1.